The minimum Gasteiger partial charge on any atom is -0.368 e. The quantitative estimate of drug-likeness (QED) is 0.112. The Morgan fingerprint density at radius 1 is 0.852 bits per heavy atom. The summed E-state index contributed by atoms with van der Waals surface area (Å²) < 4.78 is 0. The van der Waals surface area contributed by atoms with Crippen LogP contribution >= 0.6 is 11.8 Å². The molecule has 14 heteroatoms. The van der Waals surface area contributed by atoms with Gasteiger partial charge in [-0.15, -0.1) is 0 Å². The van der Waals surface area contributed by atoms with E-state index in [0.29, 0.717) is 50.8 Å². The monoisotopic (exact) mass is 765 g/mol. The number of rotatable bonds is 22. The summed E-state index contributed by atoms with van der Waals surface area (Å²) >= 11 is 1.53. The molecule has 296 valence electrons. The summed E-state index contributed by atoms with van der Waals surface area (Å²) in [5, 5.41) is 8.56. The standard InChI is InChI=1S/C40H59N7O6S/c1-27(2)24-34(38(51)44-30(36(42)49)20-23-54-4)46(3)40(53)33-18-13-22-47(33)39(52)32(26-29-16-9-6-10-17-29)45-37(50)31(25-28-14-7-5-8-15-28)43-35(48)19-11-12-21-41/h5-10,14-17,27,30-34H,11-13,18-26,41H2,1-4H3,(H2,42,49)(H,43,48)(H,44,51)(H,45,50)/t30-,31-,32+,33-,34-/m0/s1. The van der Waals surface area contributed by atoms with Gasteiger partial charge < -0.3 is 37.2 Å². The lowest BCUT2D eigenvalue weighted by molar-refractivity contribution is -0.148. The lowest BCUT2D eigenvalue weighted by Gasteiger charge is -2.35. The third kappa shape index (κ3) is 13.8. The molecule has 1 aliphatic rings. The smallest absolute Gasteiger partial charge is 0.246 e. The number of likely N-dealkylation sites (tertiary alicyclic amines) is 1. The number of carbonyl (C=O) groups excluding carboxylic acids is 6. The van der Waals surface area contributed by atoms with Crippen molar-refractivity contribution in [2.75, 3.05) is 32.1 Å². The number of carbonyl (C=O) groups is 6. The van der Waals surface area contributed by atoms with Gasteiger partial charge in [-0.25, -0.2) is 0 Å². The Morgan fingerprint density at radius 3 is 2.00 bits per heavy atom. The summed E-state index contributed by atoms with van der Waals surface area (Å²) in [4.78, 5) is 84.4. The van der Waals surface area contributed by atoms with E-state index in [9.17, 15) is 28.8 Å². The minimum absolute atomic E-state index is 0.0333. The first-order valence-electron chi connectivity index (χ1n) is 18.9. The Morgan fingerprint density at radius 2 is 1.44 bits per heavy atom. The van der Waals surface area contributed by atoms with Crippen molar-refractivity contribution in [2.24, 2.45) is 17.4 Å². The second-order valence-electron chi connectivity index (χ2n) is 14.3. The van der Waals surface area contributed by atoms with E-state index >= 15 is 0 Å². The fraction of sp³-hybridized carbons (Fsp3) is 0.550. The lowest BCUT2D eigenvalue weighted by Crippen LogP contribution is -2.59. The van der Waals surface area contributed by atoms with Gasteiger partial charge in [-0.2, -0.15) is 11.8 Å². The molecule has 0 spiro atoms. The fourth-order valence-electron chi connectivity index (χ4n) is 6.63. The molecule has 2 aromatic rings. The molecule has 1 heterocycles. The average Bonchev–Trinajstić information content (AvgIpc) is 3.65. The van der Waals surface area contributed by atoms with Crippen LogP contribution in [0.25, 0.3) is 0 Å². The maximum absolute atomic E-state index is 14.5. The number of primary amides is 1. The third-order valence-corrected chi connectivity index (χ3v) is 10.2. The SMILES string of the molecule is CSCC[C@H](NC(=O)[C@H](CC(C)C)N(C)C(=O)[C@@H]1CCCN1C(=O)[C@@H](Cc1ccccc1)NC(=O)[C@H](Cc1ccccc1)NC(=O)CCCCN)C(N)=O. The summed E-state index contributed by atoms with van der Waals surface area (Å²) in [7, 11) is 1.55. The molecule has 1 saturated heterocycles. The number of amides is 6. The van der Waals surface area contributed by atoms with E-state index in [2.05, 4.69) is 16.0 Å². The van der Waals surface area contributed by atoms with E-state index < -0.39 is 59.7 Å². The molecule has 0 aliphatic carbocycles. The van der Waals surface area contributed by atoms with Crippen molar-refractivity contribution < 1.29 is 28.8 Å². The third-order valence-electron chi connectivity index (χ3n) is 9.59. The van der Waals surface area contributed by atoms with Crippen molar-refractivity contribution in [2.45, 2.75) is 102 Å². The molecule has 54 heavy (non-hydrogen) atoms. The zero-order chi connectivity index (χ0) is 39.6. The molecule has 0 radical (unpaired) electrons. The van der Waals surface area contributed by atoms with Crippen molar-refractivity contribution in [1.29, 1.82) is 0 Å². The molecular weight excluding hydrogens is 707 g/mol. The summed E-state index contributed by atoms with van der Waals surface area (Å²) in [5.74, 6) is -2.12. The Hall–Kier alpha value is -4.43. The fourth-order valence-corrected chi connectivity index (χ4v) is 7.10. The summed E-state index contributed by atoms with van der Waals surface area (Å²) in [6.45, 7) is 4.62. The number of nitrogens with one attached hydrogen (secondary N) is 3. The molecular formula is C40H59N7O6S. The maximum atomic E-state index is 14.5. The van der Waals surface area contributed by atoms with Crippen LogP contribution in [0.5, 0.6) is 0 Å². The average molecular weight is 766 g/mol. The molecule has 13 nitrogen and oxygen atoms in total. The van der Waals surface area contributed by atoms with E-state index in [1.54, 1.807) is 7.05 Å². The lowest BCUT2D eigenvalue weighted by atomic mass is 9.99. The molecule has 0 aromatic heterocycles. The highest BCUT2D eigenvalue weighted by Crippen LogP contribution is 2.24. The second kappa shape index (κ2) is 22.7. The number of likely N-dealkylation sites (N-methyl/N-ethyl adjacent to an activating group) is 1. The number of unbranched alkanes of at least 4 members (excludes halogenated alkanes) is 1. The van der Waals surface area contributed by atoms with Crippen molar-refractivity contribution in [3.05, 3.63) is 71.8 Å². The van der Waals surface area contributed by atoms with E-state index in [0.717, 1.165) is 11.1 Å². The van der Waals surface area contributed by atoms with Gasteiger partial charge in [0.25, 0.3) is 0 Å². The minimum atomic E-state index is -1.05. The van der Waals surface area contributed by atoms with Crippen LogP contribution in [0.3, 0.4) is 0 Å². The first-order valence-corrected chi connectivity index (χ1v) is 20.3. The highest BCUT2D eigenvalue weighted by molar-refractivity contribution is 7.98. The molecule has 0 unspecified atom stereocenters. The molecule has 1 aliphatic heterocycles. The van der Waals surface area contributed by atoms with Gasteiger partial charge in [-0.05, 0) is 74.1 Å². The Bertz CT molecular complexity index is 1530. The number of nitrogens with two attached hydrogens (primary N) is 2. The summed E-state index contributed by atoms with van der Waals surface area (Å²) in [5.41, 5.74) is 12.8. The van der Waals surface area contributed by atoms with Crippen LogP contribution in [0, 0.1) is 5.92 Å². The van der Waals surface area contributed by atoms with Gasteiger partial charge in [0.1, 0.15) is 30.2 Å². The topological polar surface area (TPSA) is 197 Å². The molecule has 5 atom stereocenters. The zero-order valence-corrected chi connectivity index (χ0v) is 32.9. The number of nitrogens with zero attached hydrogens (tertiary/aromatic N) is 2. The van der Waals surface area contributed by atoms with E-state index in [1.165, 1.54) is 21.6 Å². The largest absolute Gasteiger partial charge is 0.368 e. The predicted molar refractivity (Wildman–Crippen MR) is 212 cm³/mol. The molecule has 3 rings (SSSR count). The molecule has 7 N–H and O–H groups in total. The van der Waals surface area contributed by atoms with Crippen LogP contribution in [0.4, 0.5) is 0 Å². The first kappa shape index (κ1) is 44.0. The van der Waals surface area contributed by atoms with Gasteiger partial charge in [0.05, 0.1) is 0 Å². The van der Waals surface area contributed by atoms with E-state index in [-0.39, 0.29) is 37.6 Å². The van der Waals surface area contributed by atoms with Crippen LogP contribution in [-0.4, -0.2) is 108 Å². The van der Waals surface area contributed by atoms with Crippen LogP contribution in [0.2, 0.25) is 0 Å². The van der Waals surface area contributed by atoms with Gasteiger partial charge in [0, 0.05) is 32.9 Å². The molecule has 0 saturated carbocycles. The molecule has 1 fully saturated rings. The van der Waals surface area contributed by atoms with Crippen molar-refractivity contribution >= 4 is 47.2 Å². The Balaban J connectivity index is 1.87. The highest BCUT2D eigenvalue weighted by atomic mass is 32.2. The van der Waals surface area contributed by atoms with Crippen LogP contribution in [-0.2, 0) is 41.6 Å². The molecule has 6 amide bonds. The second-order valence-corrected chi connectivity index (χ2v) is 15.3. The van der Waals surface area contributed by atoms with Crippen LogP contribution < -0.4 is 27.4 Å². The normalized spacial score (nSPS) is 16.2. The van der Waals surface area contributed by atoms with Gasteiger partial charge in [-0.1, -0.05) is 74.5 Å². The van der Waals surface area contributed by atoms with E-state index in [4.69, 9.17) is 11.5 Å². The Labute approximate surface area is 324 Å². The van der Waals surface area contributed by atoms with Gasteiger partial charge in [0.15, 0.2) is 0 Å². The zero-order valence-electron chi connectivity index (χ0n) is 32.1. The maximum Gasteiger partial charge on any atom is 0.246 e. The van der Waals surface area contributed by atoms with Crippen LogP contribution in [0.1, 0.15) is 69.9 Å². The van der Waals surface area contributed by atoms with Crippen molar-refractivity contribution in [1.82, 2.24) is 25.8 Å². The Kier molecular flexibility index (Phi) is 18.5. The van der Waals surface area contributed by atoms with Gasteiger partial charge in [-0.3, -0.25) is 28.8 Å². The van der Waals surface area contributed by atoms with Gasteiger partial charge in [0.2, 0.25) is 35.4 Å². The predicted octanol–water partition coefficient (Wildman–Crippen LogP) is 2.16. The molecule has 0 bridgehead atoms. The number of thioether (sulfide) groups is 1. The molecule has 2 aromatic carbocycles. The van der Waals surface area contributed by atoms with E-state index in [1.807, 2.05) is 80.8 Å². The van der Waals surface area contributed by atoms with Crippen LogP contribution in [0.15, 0.2) is 60.7 Å². The highest BCUT2D eigenvalue weighted by Gasteiger charge is 2.42. The first-order chi connectivity index (χ1) is 25.9. The number of benzene rings is 2. The number of hydrogen-bond donors (Lipinski definition) is 5. The van der Waals surface area contributed by atoms with Crippen molar-refractivity contribution in [3.8, 4) is 0 Å². The number of hydrogen-bond acceptors (Lipinski definition) is 8. The summed E-state index contributed by atoms with van der Waals surface area (Å²) in [6, 6.07) is 13.9. The van der Waals surface area contributed by atoms with Crippen molar-refractivity contribution in [3.63, 3.8) is 0 Å². The summed E-state index contributed by atoms with van der Waals surface area (Å²) in [6.07, 6.45) is 5.36. The van der Waals surface area contributed by atoms with Gasteiger partial charge >= 0.3 is 0 Å².